The molecule has 1 radical (unpaired) electrons. The molecule has 81 valence electrons. The van der Waals surface area contributed by atoms with Crippen LogP contribution in [0.4, 0.5) is 0 Å². The maximum absolute atomic E-state index is 11.8. The number of hydrogen-bond donors (Lipinski definition) is 2. The van der Waals surface area contributed by atoms with Crippen LogP contribution in [-0.4, -0.2) is 15.8 Å². The largest absolute Gasteiger partial charge is 0.323 e. The highest BCUT2D eigenvalue weighted by Gasteiger charge is 2.17. The van der Waals surface area contributed by atoms with Crippen LogP contribution < -0.4 is 5.69 Å². The number of imidazole rings is 1. The predicted molar refractivity (Wildman–Crippen MR) is 60.5 cm³/mol. The number of Topliss-reactive ketones (excluding diaryl/α,β-unsaturated/α-hetero) is 1. The highest BCUT2D eigenvalue weighted by atomic mass is 16.1. The maximum atomic E-state index is 11.8. The second kappa shape index (κ2) is 3.33. The van der Waals surface area contributed by atoms with Crippen LogP contribution in [0.1, 0.15) is 28.8 Å². The molecule has 2 N–H and O–H groups in total. The van der Waals surface area contributed by atoms with Crippen molar-refractivity contribution < 1.29 is 4.79 Å². The third-order valence-corrected chi connectivity index (χ3v) is 2.99. The molecule has 1 aromatic carbocycles. The van der Waals surface area contributed by atoms with Crippen molar-refractivity contribution in [1.29, 1.82) is 0 Å². The minimum Gasteiger partial charge on any atom is -0.306 e. The third kappa shape index (κ3) is 1.38. The van der Waals surface area contributed by atoms with E-state index in [1.807, 2.05) is 6.07 Å². The topological polar surface area (TPSA) is 65.7 Å². The molecule has 4 heteroatoms. The van der Waals surface area contributed by atoms with Gasteiger partial charge in [0.15, 0.2) is 5.78 Å². The van der Waals surface area contributed by atoms with Crippen molar-refractivity contribution >= 4 is 16.8 Å². The summed E-state index contributed by atoms with van der Waals surface area (Å²) in [4.78, 5) is 28.3. The summed E-state index contributed by atoms with van der Waals surface area (Å²) in [6.45, 7) is 0. The van der Waals surface area contributed by atoms with E-state index in [2.05, 4.69) is 9.97 Å². The number of benzene rings is 1. The summed E-state index contributed by atoms with van der Waals surface area (Å²) >= 11 is 0. The number of H-pyrrole nitrogens is 2. The lowest BCUT2D eigenvalue weighted by Crippen LogP contribution is -2.00. The van der Waals surface area contributed by atoms with Crippen molar-refractivity contribution in [3.8, 4) is 0 Å². The van der Waals surface area contributed by atoms with Gasteiger partial charge in [-0.2, -0.15) is 0 Å². The van der Waals surface area contributed by atoms with E-state index in [4.69, 9.17) is 0 Å². The lowest BCUT2D eigenvalue weighted by atomic mass is 10.0. The zero-order chi connectivity index (χ0) is 11.1. The molecule has 0 aliphatic heterocycles. The van der Waals surface area contributed by atoms with Gasteiger partial charge in [0.2, 0.25) is 0 Å². The summed E-state index contributed by atoms with van der Waals surface area (Å²) < 4.78 is 0. The summed E-state index contributed by atoms with van der Waals surface area (Å²) in [6.07, 6.45) is 4.43. The predicted octanol–water partition coefficient (Wildman–Crippen LogP) is 1.58. The lowest BCUT2D eigenvalue weighted by Gasteiger charge is -2.03. The van der Waals surface area contributed by atoms with E-state index >= 15 is 0 Å². The monoisotopic (exact) mass is 215 g/mol. The van der Waals surface area contributed by atoms with E-state index in [-0.39, 0.29) is 11.5 Å². The van der Waals surface area contributed by atoms with Crippen molar-refractivity contribution in [1.82, 2.24) is 9.97 Å². The summed E-state index contributed by atoms with van der Waals surface area (Å²) in [5.74, 6) is 0.0662. The quantitative estimate of drug-likeness (QED) is 0.655. The SMILES string of the molecule is O=C1[CH]CCCc2cc3[nH]c(=O)[nH]c3cc21. The molecule has 1 aliphatic carbocycles. The molecule has 0 atom stereocenters. The van der Waals surface area contributed by atoms with E-state index in [1.165, 1.54) is 0 Å². The Hall–Kier alpha value is -1.84. The van der Waals surface area contributed by atoms with Crippen LogP contribution in [0.25, 0.3) is 11.0 Å². The summed E-state index contributed by atoms with van der Waals surface area (Å²) in [6, 6.07) is 3.67. The number of hydrogen-bond acceptors (Lipinski definition) is 2. The summed E-state index contributed by atoms with van der Waals surface area (Å²) in [5.41, 5.74) is 3.00. The molecule has 0 unspecified atom stereocenters. The number of carbonyl (C=O) groups is 1. The molecule has 0 bridgehead atoms. The molecule has 1 heterocycles. The molecule has 0 spiro atoms. The van der Waals surface area contributed by atoms with Crippen LogP contribution in [0.15, 0.2) is 16.9 Å². The molecule has 0 saturated heterocycles. The second-order valence-electron chi connectivity index (χ2n) is 4.09. The molecule has 1 aliphatic rings. The fourth-order valence-corrected chi connectivity index (χ4v) is 2.20. The van der Waals surface area contributed by atoms with Crippen LogP contribution in [0.3, 0.4) is 0 Å². The van der Waals surface area contributed by atoms with Crippen molar-refractivity contribution in [3.63, 3.8) is 0 Å². The van der Waals surface area contributed by atoms with Crippen molar-refractivity contribution in [2.75, 3.05) is 0 Å². The minimum absolute atomic E-state index is 0.0662. The van der Waals surface area contributed by atoms with Gasteiger partial charge < -0.3 is 9.97 Å². The molecular weight excluding hydrogens is 204 g/mol. The summed E-state index contributed by atoms with van der Waals surface area (Å²) in [7, 11) is 0. The normalized spacial score (nSPS) is 16.1. The number of ketones is 1. The number of nitrogens with one attached hydrogen (secondary N) is 2. The van der Waals surface area contributed by atoms with E-state index < -0.39 is 0 Å². The van der Waals surface area contributed by atoms with Gasteiger partial charge >= 0.3 is 5.69 Å². The molecule has 0 fully saturated rings. The molecule has 0 amide bonds. The van der Waals surface area contributed by atoms with Gasteiger partial charge in [0.1, 0.15) is 0 Å². The summed E-state index contributed by atoms with van der Waals surface area (Å²) in [5, 5.41) is 0. The number of aromatic nitrogens is 2. The minimum atomic E-state index is -0.230. The highest BCUT2D eigenvalue weighted by molar-refractivity contribution is 6.05. The molecule has 4 nitrogen and oxygen atoms in total. The first-order chi connectivity index (χ1) is 7.74. The molecular formula is C12H11N2O2. The molecule has 0 saturated carbocycles. The number of carbonyl (C=O) groups excluding carboxylic acids is 1. The Kier molecular flexibility index (Phi) is 1.96. The number of rotatable bonds is 0. The number of fused-ring (bicyclic) bond motifs is 2. The van der Waals surface area contributed by atoms with Gasteiger partial charge in [0.05, 0.1) is 11.0 Å². The first-order valence-electron chi connectivity index (χ1n) is 5.36. The molecule has 3 rings (SSSR count). The number of aromatic amines is 2. The van der Waals surface area contributed by atoms with Crippen LogP contribution in [0.2, 0.25) is 0 Å². The van der Waals surface area contributed by atoms with Gasteiger partial charge in [-0.05, 0) is 37.0 Å². The molecule has 16 heavy (non-hydrogen) atoms. The van der Waals surface area contributed by atoms with Gasteiger partial charge in [-0.15, -0.1) is 0 Å². The van der Waals surface area contributed by atoms with Crippen LogP contribution in [0.5, 0.6) is 0 Å². The first-order valence-corrected chi connectivity index (χ1v) is 5.36. The first kappa shape index (κ1) is 9.39. The van der Waals surface area contributed by atoms with Gasteiger partial charge in [0.25, 0.3) is 0 Å². The molecule has 2 aromatic rings. The van der Waals surface area contributed by atoms with Gasteiger partial charge in [-0.25, -0.2) is 4.79 Å². The average molecular weight is 215 g/mol. The van der Waals surface area contributed by atoms with Gasteiger partial charge in [-0.1, -0.05) is 0 Å². The van der Waals surface area contributed by atoms with E-state index in [0.717, 1.165) is 35.9 Å². The van der Waals surface area contributed by atoms with Crippen molar-refractivity contribution in [2.45, 2.75) is 19.3 Å². The van der Waals surface area contributed by atoms with Crippen molar-refractivity contribution in [2.24, 2.45) is 0 Å². The van der Waals surface area contributed by atoms with E-state index in [9.17, 15) is 9.59 Å². The Balaban J connectivity index is 2.29. The smallest absolute Gasteiger partial charge is 0.306 e. The van der Waals surface area contributed by atoms with Crippen molar-refractivity contribution in [3.05, 3.63) is 40.2 Å². The Morgan fingerprint density at radius 1 is 1.06 bits per heavy atom. The second-order valence-corrected chi connectivity index (χ2v) is 4.09. The Labute approximate surface area is 91.7 Å². The van der Waals surface area contributed by atoms with Crippen LogP contribution >= 0.6 is 0 Å². The highest BCUT2D eigenvalue weighted by Crippen LogP contribution is 2.23. The standard InChI is InChI=1S/C12H11N2O2/c15-11-4-2-1-3-7-5-9-10(6-8(7)11)14-12(16)13-9/h4-6H,1-3H2,(H2,13,14,16). The number of aryl methyl sites for hydroxylation is 1. The Bertz CT molecular complexity index is 621. The van der Waals surface area contributed by atoms with E-state index in [0.29, 0.717) is 5.52 Å². The zero-order valence-corrected chi connectivity index (χ0v) is 8.67. The third-order valence-electron chi connectivity index (χ3n) is 2.99. The zero-order valence-electron chi connectivity index (χ0n) is 8.67. The van der Waals surface area contributed by atoms with Gasteiger partial charge in [0, 0.05) is 12.0 Å². The Morgan fingerprint density at radius 3 is 2.62 bits per heavy atom. The van der Waals surface area contributed by atoms with Gasteiger partial charge in [-0.3, -0.25) is 4.79 Å². The average Bonchev–Trinajstić information content (AvgIpc) is 2.52. The lowest BCUT2D eigenvalue weighted by molar-refractivity contribution is 0.102. The molecule has 1 aromatic heterocycles. The van der Waals surface area contributed by atoms with Crippen LogP contribution in [0, 0.1) is 6.42 Å². The fraction of sp³-hybridized carbons (Fsp3) is 0.250. The van der Waals surface area contributed by atoms with Crippen LogP contribution in [-0.2, 0) is 6.42 Å². The fourth-order valence-electron chi connectivity index (χ4n) is 2.20. The maximum Gasteiger partial charge on any atom is 0.323 e. The van der Waals surface area contributed by atoms with E-state index in [1.54, 1.807) is 12.5 Å². The Morgan fingerprint density at radius 2 is 1.81 bits per heavy atom.